The molecule has 0 amide bonds. The van der Waals surface area contributed by atoms with Crippen LogP contribution in [0.1, 0.15) is 20.3 Å². The predicted molar refractivity (Wildman–Crippen MR) is 108 cm³/mol. The molecule has 0 aliphatic heterocycles. The summed E-state index contributed by atoms with van der Waals surface area (Å²) in [7, 11) is 0. The molecule has 0 bridgehead atoms. The fourth-order valence-corrected chi connectivity index (χ4v) is 2.54. The zero-order valence-electron chi connectivity index (χ0n) is 13.8. The third-order valence-corrected chi connectivity index (χ3v) is 3.84. The number of rotatable bonds is 10. The van der Waals surface area contributed by atoms with Gasteiger partial charge in [0.05, 0.1) is 6.61 Å². The number of hydrogen-bond acceptors (Lipinski definition) is 3. The van der Waals surface area contributed by atoms with E-state index in [1.54, 1.807) is 11.8 Å². The standard InChI is InChI=1S/C16H26FN3OS.HI/c1-3-18-16(20-11-12-21-4-2)19-10-5-13-22-15-8-6-14(17)7-9-15;/h6-9H,3-5,10-13H2,1-2H3,(H2,18,19,20);1H. The second kappa shape index (κ2) is 15.0. The van der Waals surface area contributed by atoms with Gasteiger partial charge < -0.3 is 15.4 Å². The first-order valence-corrected chi connectivity index (χ1v) is 8.73. The molecule has 0 aromatic heterocycles. The highest BCUT2D eigenvalue weighted by Crippen LogP contribution is 2.18. The molecule has 7 heteroatoms. The Kier molecular flexibility index (Phi) is 14.7. The van der Waals surface area contributed by atoms with E-state index in [0.29, 0.717) is 6.61 Å². The molecular weight excluding hydrogens is 428 g/mol. The Bertz CT molecular complexity index is 432. The van der Waals surface area contributed by atoms with Gasteiger partial charge in [-0.05, 0) is 50.3 Å². The van der Waals surface area contributed by atoms with Crippen LogP contribution in [0.25, 0.3) is 0 Å². The molecule has 0 unspecified atom stereocenters. The molecular formula is C16H27FIN3OS. The first-order valence-electron chi connectivity index (χ1n) is 7.74. The number of nitrogens with zero attached hydrogens (tertiary/aromatic N) is 1. The van der Waals surface area contributed by atoms with E-state index in [-0.39, 0.29) is 29.8 Å². The summed E-state index contributed by atoms with van der Waals surface area (Å²) < 4.78 is 18.1. The van der Waals surface area contributed by atoms with E-state index in [0.717, 1.165) is 49.3 Å². The third-order valence-electron chi connectivity index (χ3n) is 2.74. The third kappa shape index (κ3) is 11.6. The molecule has 1 aromatic rings. The largest absolute Gasteiger partial charge is 0.380 e. The van der Waals surface area contributed by atoms with Gasteiger partial charge in [0.15, 0.2) is 5.96 Å². The van der Waals surface area contributed by atoms with Gasteiger partial charge in [0.2, 0.25) is 0 Å². The molecule has 0 aliphatic carbocycles. The smallest absolute Gasteiger partial charge is 0.191 e. The second-order valence-corrected chi connectivity index (χ2v) is 5.71. The molecule has 0 heterocycles. The average molecular weight is 455 g/mol. The minimum absolute atomic E-state index is 0. The van der Waals surface area contributed by atoms with Gasteiger partial charge in [0.1, 0.15) is 5.82 Å². The SMILES string of the molecule is CCNC(=NCCCSc1ccc(F)cc1)NCCOCC.I. The van der Waals surface area contributed by atoms with Crippen molar-refractivity contribution >= 4 is 41.7 Å². The molecule has 0 radical (unpaired) electrons. The van der Waals surface area contributed by atoms with Gasteiger partial charge >= 0.3 is 0 Å². The summed E-state index contributed by atoms with van der Waals surface area (Å²) in [4.78, 5) is 5.61. The van der Waals surface area contributed by atoms with Crippen molar-refractivity contribution < 1.29 is 9.13 Å². The zero-order valence-corrected chi connectivity index (χ0v) is 17.0. The molecule has 0 spiro atoms. The van der Waals surface area contributed by atoms with Crippen LogP contribution in [-0.4, -0.2) is 44.6 Å². The Morgan fingerprint density at radius 2 is 1.96 bits per heavy atom. The summed E-state index contributed by atoms with van der Waals surface area (Å²) >= 11 is 1.72. The molecule has 23 heavy (non-hydrogen) atoms. The minimum atomic E-state index is -0.192. The Hall–Kier alpha value is -0.540. The normalized spacial score (nSPS) is 11.0. The number of ether oxygens (including phenoxy) is 1. The number of hydrogen-bond donors (Lipinski definition) is 2. The van der Waals surface area contributed by atoms with Crippen molar-refractivity contribution in [3.8, 4) is 0 Å². The van der Waals surface area contributed by atoms with E-state index in [4.69, 9.17) is 4.74 Å². The molecule has 0 saturated heterocycles. The van der Waals surface area contributed by atoms with Gasteiger partial charge in [-0.1, -0.05) is 0 Å². The Balaban J connectivity index is 0.00000484. The summed E-state index contributed by atoms with van der Waals surface area (Å²) in [5.41, 5.74) is 0. The van der Waals surface area contributed by atoms with E-state index < -0.39 is 0 Å². The lowest BCUT2D eigenvalue weighted by molar-refractivity contribution is 0.152. The lowest BCUT2D eigenvalue weighted by Crippen LogP contribution is -2.39. The van der Waals surface area contributed by atoms with E-state index in [2.05, 4.69) is 15.6 Å². The van der Waals surface area contributed by atoms with Crippen LogP contribution in [0.5, 0.6) is 0 Å². The van der Waals surface area contributed by atoms with Crippen LogP contribution in [0.2, 0.25) is 0 Å². The second-order valence-electron chi connectivity index (χ2n) is 4.54. The number of halogens is 2. The first-order chi connectivity index (χ1) is 10.8. The van der Waals surface area contributed by atoms with Gasteiger partial charge in [-0.25, -0.2) is 4.39 Å². The molecule has 0 saturated carbocycles. The molecule has 132 valence electrons. The Labute approximate surface area is 160 Å². The number of guanidine groups is 1. The minimum Gasteiger partial charge on any atom is -0.380 e. The highest BCUT2D eigenvalue weighted by Gasteiger charge is 1.97. The van der Waals surface area contributed by atoms with Gasteiger partial charge in [-0.15, -0.1) is 35.7 Å². The number of aliphatic imine (C=N–C) groups is 1. The molecule has 1 rings (SSSR count). The monoisotopic (exact) mass is 455 g/mol. The van der Waals surface area contributed by atoms with E-state index in [9.17, 15) is 4.39 Å². The van der Waals surface area contributed by atoms with Gasteiger partial charge in [0, 0.05) is 31.1 Å². The first kappa shape index (κ1) is 22.5. The van der Waals surface area contributed by atoms with Crippen molar-refractivity contribution in [2.75, 3.05) is 38.6 Å². The fourth-order valence-electron chi connectivity index (χ4n) is 1.70. The maximum atomic E-state index is 12.8. The molecule has 4 nitrogen and oxygen atoms in total. The van der Waals surface area contributed by atoms with Crippen LogP contribution in [0.4, 0.5) is 4.39 Å². The predicted octanol–water partition coefficient (Wildman–Crippen LogP) is 3.52. The van der Waals surface area contributed by atoms with E-state index >= 15 is 0 Å². The van der Waals surface area contributed by atoms with Crippen molar-refractivity contribution in [1.82, 2.24) is 10.6 Å². The van der Waals surface area contributed by atoms with Crippen LogP contribution in [0.15, 0.2) is 34.2 Å². The van der Waals surface area contributed by atoms with Crippen LogP contribution in [-0.2, 0) is 4.74 Å². The molecule has 1 aromatic carbocycles. The number of nitrogens with one attached hydrogen (secondary N) is 2. The lowest BCUT2D eigenvalue weighted by Gasteiger charge is -2.11. The van der Waals surface area contributed by atoms with Gasteiger partial charge in [0.25, 0.3) is 0 Å². The summed E-state index contributed by atoms with van der Waals surface area (Å²) in [6, 6.07) is 6.60. The summed E-state index contributed by atoms with van der Waals surface area (Å²) in [5.74, 6) is 1.60. The van der Waals surface area contributed by atoms with E-state index in [1.165, 1.54) is 12.1 Å². The quantitative estimate of drug-likeness (QED) is 0.186. The maximum absolute atomic E-state index is 12.8. The summed E-state index contributed by atoms with van der Waals surface area (Å²) in [6.45, 7) is 7.80. The number of thioether (sulfide) groups is 1. The van der Waals surface area contributed by atoms with Gasteiger partial charge in [-0.3, -0.25) is 4.99 Å². The maximum Gasteiger partial charge on any atom is 0.191 e. The zero-order chi connectivity index (χ0) is 16.0. The Morgan fingerprint density at radius 1 is 1.22 bits per heavy atom. The highest BCUT2D eigenvalue weighted by atomic mass is 127. The Morgan fingerprint density at radius 3 is 2.61 bits per heavy atom. The van der Waals surface area contributed by atoms with Crippen LogP contribution < -0.4 is 10.6 Å². The highest BCUT2D eigenvalue weighted by molar-refractivity contribution is 14.0. The van der Waals surface area contributed by atoms with Gasteiger partial charge in [-0.2, -0.15) is 0 Å². The molecule has 2 N–H and O–H groups in total. The van der Waals surface area contributed by atoms with Crippen LogP contribution in [0, 0.1) is 5.82 Å². The summed E-state index contributed by atoms with van der Waals surface area (Å²) in [5, 5.41) is 6.44. The lowest BCUT2D eigenvalue weighted by atomic mass is 10.4. The molecule has 0 aliphatic rings. The van der Waals surface area contributed by atoms with Crippen LogP contribution >= 0.6 is 35.7 Å². The average Bonchev–Trinajstić information content (AvgIpc) is 2.53. The number of benzene rings is 1. The van der Waals surface area contributed by atoms with Crippen molar-refractivity contribution in [3.05, 3.63) is 30.1 Å². The van der Waals surface area contributed by atoms with E-state index in [1.807, 2.05) is 26.0 Å². The van der Waals surface area contributed by atoms with Crippen molar-refractivity contribution in [2.45, 2.75) is 25.2 Å². The van der Waals surface area contributed by atoms with Crippen molar-refractivity contribution in [1.29, 1.82) is 0 Å². The molecule has 0 atom stereocenters. The van der Waals surface area contributed by atoms with Crippen molar-refractivity contribution in [3.63, 3.8) is 0 Å². The topological polar surface area (TPSA) is 45.7 Å². The molecule has 0 fully saturated rings. The fraction of sp³-hybridized carbons (Fsp3) is 0.562. The summed E-state index contributed by atoms with van der Waals surface area (Å²) in [6.07, 6.45) is 0.976. The van der Waals surface area contributed by atoms with Crippen LogP contribution in [0.3, 0.4) is 0 Å². The van der Waals surface area contributed by atoms with Crippen molar-refractivity contribution in [2.24, 2.45) is 4.99 Å².